The van der Waals surface area contributed by atoms with Crippen molar-refractivity contribution >= 4 is 21.9 Å². The van der Waals surface area contributed by atoms with Gasteiger partial charge in [0.2, 0.25) is 0 Å². The molecule has 4 heterocycles. The molecule has 0 saturated heterocycles. The molecule has 0 aliphatic rings. The van der Waals surface area contributed by atoms with Gasteiger partial charge >= 0.3 is 0 Å². The highest BCUT2D eigenvalue weighted by molar-refractivity contribution is 5.85. The highest BCUT2D eigenvalue weighted by Crippen LogP contribution is 2.27. The topological polar surface area (TPSA) is 54.7 Å². The molecule has 0 aliphatic heterocycles. The zero-order chi connectivity index (χ0) is 11.9. The number of furan rings is 1. The van der Waals surface area contributed by atoms with Crippen LogP contribution in [-0.4, -0.2) is 15.0 Å². The maximum Gasteiger partial charge on any atom is 0.153 e. The van der Waals surface area contributed by atoms with E-state index in [1.807, 2.05) is 36.7 Å². The minimum absolute atomic E-state index is 0.765. The van der Waals surface area contributed by atoms with E-state index in [2.05, 4.69) is 15.0 Å². The number of aromatic amines is 1. The molecule has 0 saturated carbocycles. The summed E-state index contributed by atoms with van der Waals surface area (Å²) >= 11 is 0. The maximum absolute atomic E-state index is 5.74. The second-order valence-corrected chi connectivity index (χ2v) is 4.16. The molecule has 0 atom stereocenters. The molecule has 0 fully saturated rings. The van der Waals surface area contributed by atoms with Crippen LogP contribution in [0.5, 0.6) is 0 Å². The predicted molar refractivity (Wildman–Crippen MR) is 69.1 cm³/mol. The average molecular weight is 235 g/mol. The number of hydrogen-bond acceptors (Lipinski definition) is 3. The van der Waals surface area contributed by atoms with Crippen LogP contribution in [0.3, 0.4) is 0 Å². The fraction of sp³-hybridized carbons (Fsp3) is 0. The van der Waals surface area contributed by atoms with Crippen LogP contribution in [0.1, 0.15) is 0 Å². The van der Waals surface area contributed by atoms with Gasteiger partial charge in [-0.2, -0.15) is 0 Å². The Balaban J connectivity index is 1.94. The van der Waals surface area contributed by atoms with Crippen LogP contribution in [0, 0.1) is 0 Å². The summed E-state index contributed by atoms with van der Waals surface area (Å²) < 4.78 is 5.74. The number of aromatic nitrogens is 3. The third-order valence-electron chi connectivity index (χ3n) is 3.01. The summed E-state index contributed by atoms with van der Waals surface area (Å²) in [6, 6.07) is 7.94. The molecular formula is C14H9N3O. The molecule has 4 heteroatoms. The van der Waals surface area contributed by atoms with E-state index >= 15 is 0 Å². The van der Waals surface area contributed by atoms with Gasteiger partial charge in [0.1, 0.15) is 5.69 Å². The van der Waals surface area contributed by atoms with E-state index < -0.39 is 0 Å². The molecule has 1 N–H and O–H groups in total. The van der Waals surface area contributed by atoms with Gasteiger partial charge in [-0.05, 0) is 24.3 Å². The summed E-state index contributed by atoms with van der Waals surface area (Å²) in [5.41, 5.74) is 2.64. The van der Waals surface area contributed by atoms with Crippen LogP contribution in [-0.2, 0) is 0 Å². The van der Waals surface area contributed by atoms with Gasteiger partial charge in [0.05, 0.1) is 17.9 Å². The predicted octanol–water partition coefficient (Wildman–Crippen LogP) is 3.37. The van der Waals surface area contributed by atoms with E-state index in [4.69, 9.17) is 4.42 Å². The monoisotopic (exact) mass is 235 g/mol. The van der Waals surface area contributed by atoms with E-state index in [1.54, 1.807) is 12.4 Å². The Morgan fingerprint density at radius 3 is 3.00 bits per heavy atom. The Bertz CT molecular complexity index is 811. The summed E-state index contributed by atoms with van der Waals surface area (Å²) in [5.74, 6) is 0.765. The minimum Gasteiger partial charge on any atom is -0.453 e. The number of hydrogen-bond donors (Lipinski definition) is 1. The molecule has 4 aromatic heterocycles. The number of rotatable bonds is 1. The van der Waals surface area contributed by atoms with E-state index in [9.17, 15) is 0 Å². The smallest absolute Gasteiger partial charge is 0.153 e. The number of fused-ring (bicyclic) bond motifs is 2. The van der Waals surface area contributed by atoms with Crippen LogP contribution in [0.15, 0.2) is 53.5 Å². The molecule has 86 valence electrons. The van der Waals surface area contributed by atoms with Crippen molar-refractivity contribution in [3.63, 3.8) is 0 Å². The fourth-order valence-corrected chi connectivity index (χ4v) is 2.10. The number of H-pyrrole nitrogens is 1. The standard InChI is InChI=1S/C14H9N3O/c1-3-15-8-14-10(1)6-13(18-14)11-5-9-2-4-16-12(9)7-17-11/h1-8,16H. The van der Waals surface area contributed by atoms with Crippen molar-refractivity contribution in [2.75, 3.05) is 0 Å². The number of pyridine rings is 2. The Kier molecular flexibility index (Phi) is 1.80. The molecular weight excluding hydrogens is 226 g/mol. The Morgan fingerprint density at radius 2 is 2.06 bits per heavy atom. The summed E-state index contributed by atoms with van der Waals surface area (Å²) in [4.78, 5) is 11.6. The molecule has 0 unspecified atom stereocenters. The molecule has 0 aromatic carbocycles. The lowest BCUT2D eigenvalue weighted by Gasteiger charge is -1.95. The van der Waals surface area contributed by atoms with E-state index in [0.29, 0.717) is 0 Å². The van der Waals surface area contributed by atoms with E-state index in [-0.39, 0.29) is 0 Å². The van der Waals surface area contributed by atoms with Gasteiger partial charge in [0.25, 0.3) is 0 Å². The van der Waals surface area contributed by atoms with Crippen LogP contribution < -0.4 is 0 Å². The van der Waals surface area contributed by atoms with E-state index in [0.717, 1.165) is 33.3 Å². The molecule has 0 radical (unpaired) electrons. The van der Waals surface area contributed by atoms with Gasteiger partial charge in [0.15, 0.2) is 11.3 Å². The summed E-state index contributed by atoms with van der Waals surface area (Å²) in [5, 5.41) is 2.16. The first kappa shape index (κ1) is 9.41. The van der Waals surface area contributed by atoms with Crippen molar-refractivity contribution in [1.82, 2.24) is 15.0 Å². The van der Waals surface area contributed by atoms with Crippen molar-refractivity contribution in [2.45, 2.75) is 0 Å². The summed E-state index contributed by atoms with van der Waals surface area (Å²) in [6.07, 6.45) is 7.19. The van der Waals surface area contributed by atoms with Gasteiger partial charge in [-0.3, -0.25) is 9.97 Å². The molecule has 4 rings (SSSR count). The third-order valence-corrected chi connectivity index (χ3v) is 3.01. The summed E-state index contributed by atoms with van der Waals surface area (Å²) in [7, 11) is 0. The minimum atomic E-state index is 0.765. The number of nitrogens with zero attached hydrogens (tertiary/aromatic N) is 2. The third kappa shape index (κ3) is 1.32. The molecule has 0 aliphatic carbocycles. The Hall–Kier alpha value is -2.62. The quantitative estimate of drug-likeness (QED) is 0.550. The second-order valence-electron chi connectivity index (χ2n) is 4.16. The van der Waals surface area contributed by atoms with Crippen molar-refractivity contribution in [3.05, 3.63) is 49.1 Å². The number of nitrogens with one attached hydrogen (secondary N) is 1. The normalized spacial score (nSPS) is 11.3. The lowest BCUT2D eigenvalue weighted by molar-refractivity contribution is 0.627. The van der Waals surface area contributed by atoms with Gasteiger partial charge in [-0.15, -0.1) is 0 Å². The van der Waals surface area contributed by atoms with Gasteiger partial charge in [-0.25, -0.2) is 0 Å². The van der Waals surface area contributed by atoms with Crippen LogP contribution in [0.2, 0.25) is 0 Å². The largest absolute Gasteiger partial charge is 0.453 e. The highest BCUT2D eigenvalue weighted by Gasteiger charge is 2.08. The van der Waals surface area contributed by atoms with Crippen molar-refractivity contribution in [3.8, 4) is 11.5 Å². The van der Waals surface area contributed by atoms with Crippen molar-refractivity contribution in [2.24, 2.45) is 0 Å². The zero-order valence-corrected chi connectivity index (χ0v) is 9.42. The molecule has 4 nitrogen and oxygen atoms in total. The zero-order valence-electron chi connectivity index (χ0n) is 9.42. The Morgan fingerprint density at radius 1 is 1.06 bits per heavy atom. The first-order valence-corrected chi connectivity index (χ1v) is 5.67. The SMILES string of the molecule is c1cc2cc(-c3cc4cc[nH]c4cn3)oc2cn1. The van der Waals surface area contributed by atoms with Crippen LogP contribution in [0.4, 0.5) is 0 Å². The first-order chi connectivity index (χ1) is 8.90. The highest BCUT2D eigenvalue weighted by atomic mass is 16.3. The lowest BCUT2D eigenvalue weighted by Crippen LogP contribution is -1.80. The lowest BCUT2D eigenvalue weighted by atomic mass is 10.2. The van der Waals surface area contributed by atoms with Crippen molar-refractivity contribution in [1.29, 1.82) is 0 Å². The molecule has 18 heavy (non-hydrogen) atoms. The van der Waals surface area contributed by atoms with Crippen LogP contribution in [0.25, 0.3) is 33.3 Å². The summed E-state index contributed by atoms with van der Waals surface area (Å²) in [6.45, 7) is 0. The van der Waals surface area contributed by atoms with E-state index in [1.165, 1.54) is 0 Å². The average Bonchev–Trinajstić information content (AvgIpc) is 3.04. The van der Waals surface area contributed by atoms with Gasteiger partial charge in [-0.1, -0.05) is 0 Å². The second kappa shape index (κ2) is 3.43. The van der Waals surface area contributed by atoms with Crippen molar-refractivity contribution < 1.29 is 4.42 Å². The molecule has 4 aromatic rings. The van der Waals surface area contributed by atoms with Gasteiger partial charge < -0.3 is 9.40 Å². The Labute approximate surface area is 102 Å². The van der Waals surface area contributed by atoms with Gasteiger partial charge in [0, 0.05) is 23.2 Å². The fourth-order valence-electron chi connectivity index (χ4n) is 2.10. The first-order valence-electron chi connectivity index (χ1n) is 5.67. The molecule has 0 bridgehead atoms. The molecule has 0 spiro atoms. The van der Waals surface area contributed by atoms with Crippen LogP contribution >= 0.6 is 0 Å². The molecule has 0 amide bonds. The maximum atomic E-state index is 5.74.